The molecule has 0 bridgehead atoms. The highest BCUT2D eigenvalue weighted by Crippen LogP contribution is 2.45. The van der Waals surface area contributed by atoms with Crippen molar-refractivity contribution in [3.63, 3.8) is 0 Å². The van der Waals surface area contributed by atoms with Gasteiger partial charge in [-0.05, 0) is 55.7 Å². The van der Waals surface area contributed by atoms with Gasteiger partial charge in [-0.15, -0.1) is 0 Å². The number of allylic oxidation sites excluding steroid dienone is 2. The molecule has 1 saturated carbocycles. The number of piperazine rings is 1. The van der Waals surface area contributed by atoms with Crippen LogP contribution in [0, 0.1) is 17.8 Å². The van der Waals surface area contributed by atoms with Crippen molar-refractivity contribution in [2.45, 2.75) is 25.8 Å². The quantitative estimate of drug-likeness (QED) is 0.764. The van der Waals surface area contributed by atoms with Crippen molar-refractivity contribution < 1.29 is 4.74 Å². The van der Waals surface area contributed by atoms with Crippen molar-refractivity contribution in [2.24, 2.45) is 17.8 Å². The van der Waals surface area contributed by atoms with Crippen LogP contribution < -0.4 is 9.64 Å². The van der Waals surface area contributed by atoms with Crippen molar-refractivity contribution in [3.05, 3.63) is 35.4 Å². The molecule has 3 nitrogen and oxygen atoms in total. The van der Waals surface area contributed by atoms with Crippen LogP contribution in [0.3, 0.4) is 0 Å². The van der Waals surface area contributed by atoms with Crippen molar-refractivity contribution in [1.82, 2.24) is 4.90 Å². The maximum Gasteiger partial charge on any atom is 0.142 e. The third-order valence-corrected chi connectivity index (χ3v) is 6.44. The Bertz CT molecular complexity index is 632. The lowest BCUT2D eigenvalue weighted by Crippen LogP contribution is -2.53. The summed E-state index contributed by atoms with van der Waals surface area (Å²) in [5.41, 5.74) is 1.12. The van der Waals surface area contributed by atoms with E-state index in [0.29, 0.717) is 6.04 Å². The Hall–Kier alpha value is -1.19. The van der Waals surface area contributed by atoms with Crippen molar-refractivity contribution in [1.29, 1.82) is 0 Å². The summed E-state index contributed by atoms with van der Waals surface area (Å²) in [5.74, 6) is 3.54. The largest absolute Gasteiger partial charge is 0.495 e. The molecule has 0 spiro atoms. The molecule has 4 unspecified atom stereocenters. The molecule has 24 heavy (non-hydrogen) atoms. The minimum atomic E-state index is 0.561. The molecule has 4 rings (SSSR count). The average Bonchev–Trinajstić information content (AvgIpc) is 2.82. The molecule has 0 radical (unpaired) electrons. The summed E-state index contributed by atoms with van der Waals surface area (Å²) in [6.07, 6.45) is 7.66. The second-order valence-corrected chi connectivity index (χ2v) is 8.01. The monoisotopic (exact) mass is 346 g/mol. The first-order chi connectivity index (χ1) is 11.7. The predicted octanol–water partition coefficient (Wildman–Crippen LogP) is 4.07. The van der Waals surface area contributed by atoms with Gasteiger partial charge in [0.25, 0.3) is 0 Å². The summed E-state index contributed by atoms with van der Waals surface area (Å²) in [4.78, 5) is 5.11. The summed E-state index contributed by atoms with van der Waals surface area (Å²) in [6.45, 7) is 6.80. The number of hydrogen-bond acceptors (Lipinski definition) is 3. The van der Waals surface area contributed by atoms with Gasteiger partial charge in [0.2, 0.25) is 0 Å². The van der Waals surface area contributed by atoms with E-state index in [1.165, 1.54) is 19.4 Å². The Labute approximate surface area is 150 Å². The number of anilines is 1. The van der Waals surface area contributed by atoms with Crippen LogP contribution >= 0.6 is 11.6 Å². The normalized spacial score (nSPS) is 32.5. The van der Waals surface area contributed by atoms with Gasteiger partial charge in [-0.2, -0.15) is 0 Å². The van der Waals surface area contributed by atoms with Gasteiger partial charge in [0.15, 0.2) is 0 Å². The van der Waals surface area contributed by atoms with Crippen LogP contribution in [0.2, 0.25) is 5.02 Å². The average molecular weight is 347 g/mol. The zero-order chi connectivity index (χ0) is 16.7. The van der Waals surface area contributed by atoms with Crippen LogP contribution in [0.4, 0.5) is 5.69 Å². The number of benzene rings is 1. The van der Waals surface area contributed by atoms with Crippen LogP contribution in [0.1, 0.15) is 19.8 Å². The molecule has 1 heterocycles. The highest BCUT2D eigenvalue weighted by Gasteiger charge is 2.39. The third kappa shape index (κ3) is 2.93. The number of fused-ring (bicyclic) bond motifs is 1. The Morgan fingerprint density at radius 3 is 2.75 bits per heavy atom. The zero-order valence-corrected chi connectivity index (χ0v) is 15.4. The second-order valence-electron chi connectivity index (χ2n) is 7.57. The van der Waals surface area contributed by atoms with E-state index in [-0.39, 0.29) is 0 Å². The van der Waals surface area contributed by atoms with E-state index < -0.39 is 0 Å². The fraction of sp³-hybridized carbons (Fsp3) is 0.600. The molecule has 2 fully saturated rings. The molecule has 1 aliphatic heterocycles. The van der Waals surface area contributed by atoms with E-state index in [4.69, 9.17) is 16.3 Å². The number of methoxy groups -OCH3 is 1. The Balaban J connectivity index is 1.41. The first kappa shape index (κ1) is 16.3. The Kier molecular flexibility index (Phi) is 4.48. The summed E-state index contributed by atoms with van der Waals surface area (Å²) in [7, 11) is 1.73. The van der Waals surface area contributed by atoms with Crippen molar-refractivity contribution >= 4 is 17.3 Å². The van der Waals surface area contributed by atoms with E-state index in [2.05, 4.69) is 28.9 Å². The van der Waals surface area contributed by atoms with Gasteiger partial charge in [0, 0.05) is 37.2 Å². The highest BCUT2D eigenvalue weighted by molar-refractivity contribution is 6.30. The lowest BCUT2D eigenvalue weighted by Gasteiger charge is -2.43. The minimum Gasteiger partial charge on any atom is -0.495 e. The standard InChI is InChI=1S/C20H27ClN2O/c1-14-12-23(19-11-17(21)6-8-20(19)24-2)10-9-22(14)13-16-4-3-15-5-7-18(15)16/h5-8,11,14-16,18H,3-4,9-10,12-13H2,1-2H3. The fourth-order valence-corrected chi connectivity index (χ4v) is 4.87. The van der Waals surface area contributed by atoms with Gasteiger partial charge in [0.1, 0.15) is 5.75 Å². The van der Waals surface area contributed by atoms with Gasteiger partial charge in [0.05, 0.1) is 12.8 Å². The van der Waals surface area contributed by atoms with Gasteiger partial charge in [-0.3, -0.25) is 4.90 Å². The minimum absolute atomic E-state index is 0.561. The number of hydrogen-bond donors (Lipinski definition) is 0. The topological polar surface area (TPSA) is 15.7 Å². The molecule has 0 N–H and O–H groups in total. The molecule has 4 heteroatoms. The molecular formula is C20H27ClN2O. The number of halogens is 1. The molecule has 130 valence electrons. The third-order valence-electron chi connectivity index (χ3n) is 6.21. The Morgan fingerprint density at radius 2 is 2.08 bits per heavy atom. The summed E-state index contributed by atoms with van der Waals surface area (Å²) in [5, 5.41) is 0.773. The lowest BCUT2D eigenvalue weighted by atomic mass is 9.80. The molecule has 2 aliphatic carbocycles. The highest BCUT2D eigenvalue weighted by atomic mass is 35.5. The molecular weight excluding hydrogens is 320 g/mol. The van der Waals surface area contributed by atoms with Crippen molar-refractivity contribution in [3.8, 4) is 5.75 Å². The smallest absolute Gasteiger partial charge is 0.142 e. The molecule has 0 amide bonds. The Morgan fingerprint density at radius 1 is 1.21 bits per heavy atom. The van der Waals surface area contributed by atoms with E-state index in [1.54, 1.807) is 7.11 Å². The molecule has 0 aromatic heterocycles. The van der Waals surface area contributed by atoms with E-state index in [9.17, 15) is 0 Å². The molecule has 1 saturated heterocycles. The lowest BCUT2D eigenvalue weighted by molar-refractivity contribution is 0.148. The summed E-state index contributed by atoms with van der Waals surface area (Å²) >= 11 is 6.21. The van der Waals surface area contributed by atoms with Gasteiger partial charge in [-0.25, -0.2) is 0 Å². The van der Waals surface area contributed by atoms with Crippen LogP contribution in [0.25, 0.3) is 0 Å². The van der Waals surface area contributed by atoms with Crippen molar-refractivity contribution in [2.75, 3.05) is 38.2 Å². The van der Waals surface area contributed by atoms with Crippen LogP contribution in [0.15, 0.2) is 30.4 Å². The predicted molar refractivity (Wildman–Crippen MR) is 100 cm³/mol. The summed E-state index contributed by atoms with van der Waals surface area (Å²) < 4.78 is 5.54. The fourth-order valence-electron chi connectivity index (χ4n) is 4.70. The van der Waals surface area contributed by atoms with Crippen LogP contribution in [0.5, 0.6) is 5.75 Å². The van der Waals surface area contributed by atoms with E-state index in [1.807, 2.05) is 18.2 Å². The molecule has 3 aliphatic rings. The van der Waals surface area contributed by atoms with Crippen LogP contribution in [-0.2, 0) is 0 Å². The SMILES string of the molecule is COc1ccc(Cl)cc1N1CCN(CC2CCC3C=CC32)C(C)C1. The first-order valence-electron chi connectivity index (χ1n) is 9.16. The van der Waals surface area contributed by atoms with E-state index in [0.717, 1.165) is 53.8 Å². The van der Waals surface area contributed by atoms with Gasteiger partial charge in [-0.1, -0.05) is 23.8 Å². The zero-order valence-electron chi connectivity index (χ0n) is 14.6. The van der Waals surface area contributed by atoms with Gasteiger partial charge < -0.3 is 9.64 Å². The van der Waals surface area contributed by atoms with Gasteiger partial charge >= 0.3 is 0 Å². The molecule has 1 aromatic carbocycles. The first-order valence-corrected chi connectivity index (χ1v) is 9.54. The maximum atomic E-state index is 6.21. The number of nitrogens with zero attached hydrogens (tertiary/aromatic N) is 2. The second kappa shape index (κ2) is 6.61. The van der Waals surface area contributed by atoms with Crippen LogP contribution in [-0.4, -0.2) is 44.2 Å². The maximum absolute atomic E-state index is 6.21. The molecule has 1 aromatic rings. The number of rotatable bonds is 4. The van der Waals surface area contributed by atoms with E-state index >= 15 is 0 Å². The number of ether oxygens (including phenoxy) is 1. The molecule has 4 atom stereocenters. The summed E-state index contributed by atoms with van der Waals surface area (Å²) in [6, 6.07) is 6.46.